The van der Waals surface area contributed by atoms with Crippen LogP contribution in [0.15, 0.2) is 0 Å². The fourth-order valence-electron chi connectivity index (χ4n) is 1.78. The predicted octanol–water partition coefficient (Wildman–Crippen LogP) is 0.896. The summed E-state index contributed by atoms with van der Waals surface area (Å²) in [5.74, 6) is -0.266. The molecule has 0 saturated heterocycles. The number of aromatic nitrogens is 1. The van der Waals surface area contributed by atoms with Gasteiger partial charge in [-0.25, -0.2) is 4.98 Å². The molecule has 1 aromatic heterocycles. The number of nitrogens with two attached hydrogens (primary N) is 1. The molecule has 21 heavy (non-hydrogen) atoms. The van der Waals surface area contributed by atoms with E-state index in [4.69, 9.17) is 5.73 Å². The Balaban J connectivity index is 1.97. The van der Waals surface area contributed by atoms with Crippen molar-refractivity contribution in [2.24, 2.45) is 0 Å². The summed E-state index contributed by atoms with van der Waals surface area (Å²) in [6.07, 6.45) is 2.25. The number of amides is 2. The third-order valence-electron chi connectivity index (χ3n) is 2.93. The molecule has 1 heterocycles. The van der Waals surface area contributed by atoms with Crippen molar-refractivity contribution in [2.45, 2.75) is 38.8 Å². The summed E-state index contributed by atoms with van der Waals surface area (Å²) < 4.78 is 0. The Morgan fingerprint density at radius 2 is 2.14 bits per heavy atom. The van der Waals surface area contributed by atoms with Crippen LogP contribution in [0.3, 0.4) is 0 Å². The lowest BCUT2D eigenvalue weighted by Crippen LogP contribution is -2.40. The Hall–Kier alpha value is -1.83. The van der Waals surface area contributed by atoms with E-state index in [9.17, 15) is 9.59 Å². The minimum Gasteiger partial charge on any atom is -0.382 e. The molecule has 0 atom stereocenters. The van der Waals surface area contributed by atoms with Crippen LogP contribution in [-0.2, 0) is 4.79 Å². The second-order valence-corrected chi connectivity index (χ2v) is 6.53. The largest absolute Gasteiger partial charge is 0.382 e. The van der Waals surface area contributed by atoms with Gasteiger partial charge in [-0.2, -0.15) is 0 Å². The van der Waals surface area contributed by atoms with Gasteiger partial charge in [0.1, 0.15) is 10.7 Å². The number of hydrogen-bond acceptors (Lipinski definition) is 6. The van der Waals surface area contributed by atoms with Crippen LogP contribution < -0.4 is 16.4 Å². The lowest BCUT2D eigenvalue weighted by atomic mass is 10.3. The van der Waals surface area contributed by atoms with Crippen LogP contribution in [0.5, 0.6) is 0 Å². The van der Waals surface area contributed by atoms with Gasteiger partial charge in [-0.05, 0) is 26.7 Å². The van der Waals surface area contributed by atoms with E-state index >= 15 is 0 Å². The molecule has 0 radical (unpaired) electrons. The van der Waals surface area contributed by atoms with Gasteiger partial charge in [0.05, 0.1) is 6.54 Å². The fraction of sp³-hybridized carbons (Fsp3) is 0.615. The average Bonchev–Trinajstić information content (AvgIpc) is 3.09. The van der Waals surface area contributed by atoms with Crippen LogP contribution in [0, 0.1) is 0 Å². The zero-order chi connectivity index (χ0) is 15.6. The predicted molar refractivity (Wildman–Crippen MR) is 83.4 cm³/mol. The summed E-state index contributed by atoms with van der Waals surface area (Å²) in [4.78, 5) is 29.9. The number of thiazole rings is 1. The molecule has 1 aliphatic rings. The van der Waals surface area contributed by atoms with Crippen molar-refractivity contribution in [2.75, 3.05) is 24.6 Å². The molecular weight excluding hydrogens is 290 g/mol. The molecule has 0 aromatic carbocycles. The van der Waals surface area contributed by atoms with Gasteiger partial charge in [0.25, 0.3) is 5.91 Å². The van der Waals surface area contributed by atoms with Gasteiger partial charge in [0.15, 0.2) is 5.13 Å². The van der Waals surface area contributed by atoms with Gasteiger partial charge >= 0.3 is 0 Å². The maximum Gasteiger partial charge on any atom is 0.268 e. The molecule has 116 valence electrons. The zero-order valence-corrected chi connectivity index (χ0v) is 13.3. The first-order valence-corrected chi connectivity index (χ1v) is 7.76. The monoisotopic (exact) mass is 311 g/mol. The maximum atomic E-state index is 12.3. The second kappa shape index (κ2) is 6.30. The molecule has 2 rings (SSSR count). The number of rotatable bonds is 6. The standard InChI is InChI=1S/C13H21N5O2S/c1-7(2)15-9(19)6-18(3)12(20)10-11(14)17-13(21-10)16-8-4-5-8/h7-8H,4-6,14H2,1-3H3,(H,15,19)(H,16,17). The molecule has 0 unspecified atom stereocenters. The molecule has 1 saturated carbocycles. The molecule has 0 bridgehead atoms. The number of carbonyl (C=O) groups is 2. The number of nitrogens with one attached hydrogen (secondary N) is 2. The summed E-state index contributed by atoms with van der Waals surface area (Å²) in [6.45, 7) is 3.74. The minimum absolute atomic E-state index is 0.000258. The molecular formula is C13H21N5O2S. The molecule has 8 heteroatoms. The van der Waals surface area contributed by atoms with Crippen molar-refractivity contribution in [3.8, 4) is 0 Å². The molecule has 7 nitrogen and oxygen atoms in total. The first kappa shape index (κ1) is 15.6. The SMILES string of the molecule is CC(C)NC(=O)CN(C)C(=O)c1sc(NC2CC2)nc1N. The molecule has 4 N–H and O–H groups in total. The Kier molecular flexibility index (Phi) is 4.66. The molecule has 2 amide bonds. The molecule has 0 aliphatic heterocycles. The van der Waals surface area contributed by atoms with E-state index < -0.39 is 0 Å². The highest BCUT2D eigenvalue weighted by Gasteiger charge is 2.25. The Morgan fingerprint density at radius 1 is 1.48 bits per heavy atom. The lowest BCUT2D eigenvalue weighted by Gasteiger charge is -2.17. The van der Waals surface area contributed by atoms with E-state index in [0.717, 1.165) is 12.8 Å². The summed E-state index contributed by atoms with van der Waals surface area (Å²) in [6, 6.07) is 0.497. The van der Waals surface area contributed by atoms with Gasteiger partial charge in [0.2, 0.25) is 5.91 Å². The quantitative estimate of drug-likeness (QED) is 0.724. The van der Waals surface area contributed by atoms with Crippen molar-refractivity contribution < 1.29 is 9.59 Å². The number of nitrogens with zero attached hydrogens (tertiary/aromatic N) is 2. The third kappa shape index (κ3) is 4.32. The van der Waals surface area contributed by atoms with E-state index in [2.05, 4.69) is 15.6 Å². The van der Waals surface area contributed by atoms with Gasteiger partial charge < -0.3 is 21.3 Å². The number of anilines is 2. The minimum atomic E-state index is -0.284. The zero-order valence-electron chi connectivity index (χ0n) is 12.5. The van der Waals surface area contributed by atoms with Crippen LogP contribution in [-0.4, -0.2) is 47.4 Å². The highest BCUT2D eigenvalue weighted by atomic mass is 32.1. The second-order valence-electron chi connectivity index (χ2n) is 5.54. The van der Waals surface area contributed by atoms with E-state index in [1.54, 1.807) is 7.05 Å². The number of likely N-dealkylation sites (N-methyl/N-ethyl adjacent to an activating group) is 1. The van der Waals surface area contributed by atoms with E-state index in [0.29, 0.717) is 16.1 Å². The van der Waals surface area contributed by atoms with E-state index in [1.165, 1.54) is 16.2 Å². The van der Waals surface area contributed by atoms with E-state index in [1.807, 2.05) is 13.8 Å². The average molecular weight is 311 g/mol. The van der Waals surface area contributed by atoms with Gasteiger partial charge in [-0.3, -0.25) is 9.59 Å². The Bertz CT molecular complexity index is 539. The molecule has 1 fully saturated rings. The smallest absolute Gasteiger partial charge is 0.268 e. The topological polar surface area (TPSA) is 100 Å². The Morgan fingerprint density at radius 3 is 2.71 bits per heavy atom. The van der Waals surface area contributed by atoms with Gasteiger partial charge in [-0.1, -0.05) is 11.3 Å². The van der Waals surface area contributed by atoms with Crippen LogP contribution in [0.25, 0.3) is 0 Å². The van der Waals surface area contributed by atoms with Crippen LogP contribution in [0.1, 0.15) is 36.4 Å². The molecule has 1 aliphatic carbocycles. The molecule has 0 spiro atoms. The summed E-state index contributed by atoms with van der Waals surface area (Å²) >= 11 is 1.24. The number of nitrogen functional groups attached to an aromatic ring is 1. The fourth-order valence-corrected chi connectivity index (χ4v) is 2.73. The first-order valence-electron chi connectivity index (χ1n) is 6.94. The van der Waals surface area contributed by atoms with Crippen molar-refractivity contribution >= 4 is 34.1 Å². The van der Waals surface area contributed by atoms with Crippen molar-refractivity contribution in [3.63, 3.8) is 0 Å². The normalized spacial score (nSPS) is 14.1. The summed E-state index contributed by atoms with van der Waals surface area (Å²) in [5.41, 5.74) is 5.80. The number of hydrogen-bond donors (Lipinski definition) is 3. The van der Waals surface area contributed by atoms with Crippen molar-refractivity contribution in [1.82, 2.24) is 15.2 Å². The maximum absolute atomic E-state index is 12.3. The Labute approximate surface area is 127 Å². The van der Waals surface area contributed by atoms with Crippen molar-refractivity contribution in [3.05, 3.63) is 4.88 Å². The van der Waals surface area contributed by atoms with E-state index in [-0.39, 0.29) is 30.2 Å². The highest BCUT2D eigenvalue weighted by molar-refractivity contribution is 7.18. The first-order chi connectivity index (χ1) is 9.86. The third-order valence-corrected chi connectivity index (χ3v) is 3.92. The van der Waals surface area contributed by atoms with Gasteiger partial charge in [-0.15, -0.1) is 0 Å². The summed E-state index contributed by atoms with van der Waals surface area (Å²) in [7, 11) is 1.58. The van der Waals surface area contributed by atoms with Gasteiger partial charge in [0, 0.05) is 19.1 Å². The highest BCUT2D eigenvalue weighted by Crippen LogP contribution is 2.31. The summed E-state index contributed by atoms with van der Waals surface area (Å²) in [5, 5.41) is 6.63. The van der Waals surface area contributed by atoms with Crippen molar-refractivity contribution in [1.29, 1.82) is 0 Å². The van der Waals surface area contributed by atoms with Crippen LogP contribution in [0.4, 0.5) is 10.9 Å². The molecule has 1 aromatic rings. The lowest BCUT2D eigenvalue weighted by molar-refractivity contribution is -0.122. The van der Waals surface area contributed by atoms with Crippen LogP contribution >= 0.6 is 11.3 Å². The van der Waals surface area contributed by atoms with Crippen LogP contribution in [0.2, 0.25) is 0 Å². The number of carbonyl (C=O) groups excluding carboxylic acids is 2.